The van der Waals surface area contributed by atoms with Crippen LogP contribution in [0.3, 0.4) is 0 Å². The third-order valence-electron chi connectivity index (χ3n) is 4.17. The zero-order chi connectivity index (χ0) is 13.2. The Bertz CT molecular complexity index is 428. The van der Waals surface area contributed by atoms with Gasteiger partial charge in [0.25, 0.3) is 0 Å². The smallest absolute Gasteiger partial charge is 0.194 e. The van der Waals surface area contributed by atoms with Crippen molar-refractivity contribution in [3.63, 3.8) is 0 Å². The van der Waals surface area contributed by atoms with Crippen LogP contribution in [0.1, 0.15) is 48.5 Å². The van der Waals surface area contributed by atoms with Crippen LogP contribution < -0.4 is 0 Å². The Morgan fingerprint density at radius 2 is 2.00 bits per heavy atom. The zero-order valence-electron chi connectivity index (χ0n) is 11.5. The maximum atomic E-state index is 12.7. The number of hydrogen-bond acceptors (Lipinski definition) is 2. The number of methoxy groups -OCH3 is 1. The molecule has 0 aromatic heterocycles. The summed E-state index contributed by atoms with van der Waals surface area (Å²) in [6.45, 7) is 4.26. The van der Waals surface area contributed by atoms with Crippen molar-refractivity contribution < 1.29 is 9.53 Å². The number of carbonyl (C=O) groups is 1. The van der Waals surface area contributed by atoms with Crippen LogP contribution in [0.5, 0.6) is 0 Å². The van der Waals surface area contributed by atoms with Gasteiger partial charge in [-0.3, -0.25) is 4.79 Å². The summed E-state index contributed by atoms with van der Waals surface area (Å²) < 4.78 is 5.63. The number of carbonyl (C=O) groups excluding carboxylic acids is 1. The minimum absolute atomic E-state index is 0.153. The minimum atomic E-state index is -0.583. The van der Waals surface area contributed by atoms with E-state index in [1.807, 2.05) is 31.2 Å². The highest BCUT2D eigenvalue weighted by molar-refractivity contribution is 6.02. The van der Waals surface area contributed by atoms with E-state index in [1.54, 1.807) is 7.11 Å². The van der Waals surface area contributed by atoms with E-state index in [9.17, 15) is 4.79 Å². The lowest BCUT2D eigenvalue weighted by Gasteiger charge is -2.37. The summed E-state index contributed by atoms with van der Waals surface area (Å²) >= 11 is 0. The van der Waals surface area contributed by atoms with Gasteiger partial charge in [-0.15, -0.1) is 0 Å². The number of ether oxygens (including phenoxy) is 1. The fraction of sp³-hybridized carbons (Fsp3) is 0.562. The molecule has 0 unspecified atom stereocenters. The molecule has 1 fully saturated rings. The van der Waals surface area contributed by atoms with Gasteiger partial charge in [0.15, 0.2) is 5.78 Å². The van der Waals surface area contributed by atoms with Crippen LogP contribution >= 0.6 is 0 Å². The molecule has 0 saturated heterocycles. The molecule has 1 aliphatic rings. The largest absolute Gasteiger partial charge is 0.370 e. The number of rotatable bonds is 3. The first-order valence-electron chi connectivity index (χ1n) is 6.74. The Morgan fingerprint density at radius 1 is 1.33 bits per heavy atom. The quantitative estimate of drug-likeness (QED) is 0.759. The van der Waals surface area contributed by atoms with Crippen LogP contribution in [0.15, 0.2) is 24.3 Å². The molecule has 0 aliphatic heterocycles. The molecule has 0 amide bonds. The van der Waals surface area contributed by atoms with Gasteiger partial charge in [0.05, 0.1) is 0 Å². The van der Waals surface area contributed by atoms with Crippen molar-refractivity contribution in [2.75, 3.05) is 7.11 Å². The summed E-state index contributed by atoms with van der Waals surface area (Å²) in [5.74, 6) is 0.860. The molecule has 0 heterocycles. The van der Waals surface area contributed by atoms with E-state index < -0.39 is 5.60 Å². The van der Waals surface area contributed by atoms with E-state index in [4.69, 9.17) is 4.74 Å². The van der Waals surface area contributed by atoms with E-state index in [-0.39, 0.29) is 5.78 Å². The third kappa shape index (κ3) is 2.49. The van der Waals surface area contributed by atoms with Gasteiger partial charge in [0, 0.05) is 12.7 Å². The maximum Gasteiger partial charge on any atom is 0.194 e. The van der Waals surface area contributed by atoms with E-state index in [1.165, 1.54) is 0 Å². The standard InChI is InChI=1S/C16H22O2/c1-12-7-9-16(18-3,10-8-12)15(17)14-6-4-5-13(2)11-14/h4-6,11-12H,7-10H2,1-3H3. The second-order valence-corrected chi connectivity index (χ2v) is 5.58. The van der Waals surface area contributed by atoms with Gasteiger partial charge in [-0.25, -0.2) is 0 Å². The fourth-order valence-corrected chi connectivity index (χ4v) is 2.80. The molecule has 1 aromatic rings. The molecule has 1 aliphatic carbocycles. The van der Waals surface area contributed by atoms with E-state index >= 15 is 0 Å². The van der Waals surface area contributed by atoms with Crippen molar-refractivity contribution in [2.45, 2.75) is 45.1 Å². The normalized spacial score (nSPS) is 28.1. The molecule has 2 nitrogen and oxygen atoms in total. The van der Waals surface area contributed by atoms with E-state index in [0.29, 0.717) is 5.92 Å². The van der Waals surface area contributed by atoms with Crippen molar-refractivity contribution >= 4 is 5.78 Å². The molecule has 0 N–H and O–H groups in total. The van der Waals surface area contributed by atoms with Gasteiger partial charge in [-0.1, -0.05) is 30.7 Å². The fourth-order valence-electron chi connectivity index (χ4n) is 2.80. The molecule has 0 radical (unpaired) electrons. The van der Waals surface area contributed by atoms with Gasteiger partial charge in [0.1, 0.15) is 5.60 Å². The van der Waals surface area contributed by atoms with Crippen molar-refractivity contribution in [3.05, 3.63) is 35.4 Å². The summed E-state index contributed by atoms with van der Waals surface area (Å²) in [6, 6.07) is 7.81. The molecule has 0 bridgehead atoms. The van der Waals surface area contributed by atoms with E-state index in [0.717, 1.165) is 36.8 Å². The van der Waals surface area contributed by atoms with Gasteiger partial charge in [-0.05, 0) is 44.6 Å². The highest BCUT2D eigenvalue weighted by atomic mass is 16.5. The van der Waals surface area contributed by atoms with Crippen LogP contribution in [-0.4, -0.2) is 18.5 Å². The molecule has 98 valence electrons. The SMILES string of the molecule is COC1(C(=O)c2cccc(C)c2)CCC(C)CC1. The van der Waals surface area contributed by atoms with Crippen LogP contribution in [0.25, 0.3) is 0 Å². The number of aryl methyl sites for hydroxylation is 1. The molecule has 1 aromatic carbocycles. The molecule has 2 rings (SSSR count). The molecule has 0 spiro atoms. The van der Waals surface area contributed by atoms with Crippen molar-refractivity contribution in [1.29, 1.82) is 0 Å². The molecule has 18 heavy (non-hydrogen) atoms. The highest BCUT2D eigenvalue weighted by Crippen LogP contribution is 2.36. The second-order valence-electron chi connectivity index (χ2n) is 5.58. The van der Waals surface area contributed by atoms with Gasteiger partial charge >= 0.3 is 0 Å². The summed E-state index contributed by atoms with van der Waals surface area (Å²) in [5, 5.41) is 0. The Labute approximate surface area is 109 Å². The van der Waals surface area contributed by atoms with Crippen molar-refractivity contribution in [3.8, 4) is 0 Å². The summed E-state index contributed by atoms with van der Waals surface area (Å²) in [6.07, 6.45) is 3.84. The second kappa shape index (κ2) is 5.23. The number of hydrogen-bond donors (Lipinski definition) is 0. The van der Waals surface area contributed by atoms with Crippen molar-refractivity contribution in [1.82, 2.24) is 0 Å². The number of Topliss-reactive ketones (excluding diaryl/α,β-unsaturated/α-hetero) is 1. The zero-order valence-corrected chi connectivity index (χ0v) is 11.5. The van der Waals surface area contributed by atoms with Crippen molar-refractivity contribution in [2.24, 2.45) is 5.92 Å². The van der Waals surface area contributed by atoms with Crippen LogP contribution in [-0.2, 0) is 4.74 Å². The predicted octanol–water partition coefficient (Wildman–Crippen LogP) is 3.77. The first kappa shape index (κ1) is 13.3. The molecule has 0 atom stereocenters. The Hall–Kier alpha value is -1.15. The van der Waals surface area contributed by atoms with E-state index in [2.05, 4.69) is 6.92 Å². The average molecular weight is 246 g/mol. The average Bonchev–Trinajstić information content (AvgIpc) is 2.39. The lowest BCUT2D eigenvalue weighted by Crippen LogP contribution is -2.43. The third-order valence-corrected chi connectivity index (χ3v) is 4.17. The van der Waals surface area contributed by atoms with Gasteiger partial charge in [0.2, 0.25) is 0 Å². The predicted molar refractivity (Wildman–Crippen MR) is 72.9 cm³/mol. The maximum absolute atomic E-state index is 12.7. The number of ketones is 1. The Kier molecular flexibility index (Phi) is 3.86. The monoisotopic (exact) mass is 246 g/mol. The molecular weight excluding hydrogens is 224 g/mol. The number of benzene rings is 1. The first-order valence-corrected chi connectivity index (χ1v) is 6.74. The lowest BCUT2D eigenvalue weighted by atomic mass is 9.75. The lowest BCUT2D eigenvalue weighted by molar-refractivity contribution is -0.0263. The Balaban J connectivity index is 2.25. The molecule has 1 saturated carbocycles. The minimum Gasteiger partial charge on any atom is -0.370 e. The van der Waals surface area contributed by atoms with Crippen LogP contribution in [0.2, 0.25) is 0 Å². The summed E-state index contributed by atoms with van der Waals surface area (Å²) in [4.78, 5) is 12.7. The summed E-state index contributed by atoms with van der Waals surface area (Å²) in [5.41, 5.74) is 1.32. The topological polar surface area (TPSA) is 26.3 Å². The molecule has 2 heteroatoms. The Morgan fingerprint density at radius 3 is 2.56 bits per heavy atom. The molecular formula is C16H22O2. The first-order chi connectivity index (χ1) is 8.57. The highest BCUT2D eigenvalue weighted by Gasteiger charge is 2.41. The summed E-state index contributed by atoms with van der Waals surface area (Å²) in [7, 11) is 1.67. The van der Waals surface area contributed by atoms with Gasteiger partial charge < -0.3 is 4.74 Å². The van der Waals surface area contributed by atoms with Crippen LogP contribution in [0.4, 0.5) is 0 Å². The van der Waals surface area contributed by atoms with Crippen LogP contribution in [0, 0.1) is 12.8 Å². The van der Waals surface area contributed by atoms with Gasteiger partial charge in [-0.2, -0.15) is 0 Å².